The first-order chi connectivity index (χ1) is 21.4. The molecule has 1 fully saturated rings. The van der Waals surface area contributed by atoms with Gasteiger partial charge >= 0.3 is 6.18 Å². The maximum atomic E-state index is 13.6. The molecule has 0 bridgehead atoms. The molecule has 8 nitrogen and oxygen atoms in total. The molecule has 0 aliphatic carbocycles. The molecule has 45 heavy (non-hydrogen) atoms. The largest absolute Gasteiger partial charge is 0.416 e. The first kappa shape index (κ1) is 32.2. The molecule has 1 aliphatic heterocycles. The molecule has 1 amide bonds. The molecule has 1 saturated heterocycles. The molecule has 1 N–H and O–H groups in total. The third-order valence-electron chi connectivity index (χ3n) is 7.04. The number of amides is 1. The predicted octanol–water partition coefficient (Wildman–Crippen LogP) is 4.89. The molecule has 14 heteroatoms. The SMILES string of the molecule is N#C/C(C(=O)Nc1cccc(S(=O)(=O)N2CCCCC2)c1)=c1/s/c(=C\c2ccc(C(F)(F)F)cc2)c(=O)n1-c1ccc(Cl)cc1. The van der Waals surface area contributed by atoms with Crippen LogP contribution in [0.2, 0.25) is 5.02 Å². The molecule has 4 aromatic rings. The molecular formula is C31H24ClF3N4O4S2. The van der Waals surface area contributed by atoms with E-state index in [9.17, 15) is 36.4 Å². The highest BCUT2D eigenvalue weighted by Crippen LogP contribution is 2.29. The van der Waals surface area contributed by atoms with Crippen LogP contribution >= 0.6 is 22.9 Å². The number of nitrogens with one attached hydrogen (secondary N) is 1. The summed E-state index contributed by atoms with van der Waals surface area (Å²) in [5.41, 5.74) is -1.20. The number of nitriles is 1. The fourth-order valence-corrected chi connectivity index (χ4v) is 7.56. The standard InChI is InChI=1S/C31H24ClF3N4O4S2/c32-22-11-13-24(14-12-22)39-29(41)27(17-20-7-9-21(10-8-20)31(33,34)35)44-30(39)26(19-36)28(40)37-23-5-4-6-25(18-23)45(42,43)38-15-2-1-3-16-38/h4-14,17-18H,1-3,15-16H2,(H,37,40)/b27-17-,30-26-. The topological polar surface area (TPSA) is 112 Å². The Hall–Kier alpha value is -4.22. The van der Waals surface area contributed by atoms with Crippen molar-refractivity contribution >= 4 is 56.2 Å². The molecule has 1 aliphatic rings. The minimum atomic E-state index is -4.53. The summed E-state index contributed by atoms with van der Waals surface area (Å²) in [6, 6.07) is 17.8. The van der Waals surface area contributed by atoms with Gasteiger partial charge in [0.15, 0.2) is 5.57 Å². The number of hydrogen-bond acceptors (Lipinski definition) is 6. The van der Waals surface area contributed by atoms with Crippen LogP contribution in [-0.4, -0.2) is 36.3 Å². The third kappa shape index (κ3) is 7.04. The molecule has 0 spiro atoms. The number of aromatic nitrogens is 1. The average Bonchev–Trinajstić information content (AvgIpc) is 3.33. The molecule has 0 atom stereocenters. The van der Waals surface area contributed by atoms with Gasteiger partial charge in [-0.1, -0.05) is 36.2 Å². The van der Waals surface area contributed by atoms with Gasteiger partial charge in [0.2, 0.25) is 10.0 Å². The van der Waals surface area contributed by atoms with E-state index in [0.717, 1.165) is 47.3 Å². The van der Waals surface area contributed by atoms with Crippen LogP contribution in [0.1, 0.15) is 30.4 Å². The minimum Gasteiger partial charge on any atom is -0.321 e. The van der Waals surface area contributed by atoms with Crippen molar-refractivity contribution in [3.63, 3.8) is 0 Å². The van der Waals surface area contributed by atoms with Crippen LogP contribution < -0.4 is 20.1 Å². The maximum absolute atomic E-state index is 13.6. The molecule has 5 rings (SSSR count). The number of alkyl halides is 3. The summed E-state index contributed by atoms with van der Waals surface area (Å²) in [5.74, 6) is -0.893. The van der Waals surface area contributed by atoms with Crippen LogP contribution in [0.4, 0.5) is 18.9 Å². The van der Waals surface area contributed by atoms with Gasteiger partial charge in [-0.25, -0.2) is 8.42 Å². The number of benzene rings is 3. The first-order valence-electron chi connectivity index (χ1n) is 13.6. The van der Waals surface area contributed by atoms with Crippen molar-refractivity contribution in [1.29, 1.82) is 5.26 Å². The average molecular weight is 673 g/mol. The highest BCUT2D eigenvalue weighted by molar-refractivity contribution is 7.89. The second-order valence-electron chi connectivity index (χ2n) is 10.1. The van der Waals surface area contributed by atoms with Gasteiger partial charge in [0.1, 0.15) is 10.7 Å². The highest BCUT2D eigenvalue weighted by Gasteiger charge is 2.30. The van der Waals surface area contributed by atoms with Crippen molar-refractivity contribution in [2.45, 2.75) is 30.3 Å². The van der Waals surface area contributed by atoms with Crippen LogP contribution in [0, 0.1) is 11.3 Å². The van der Waals surface area contributed by atoms with E-state index in [1.54, 1.807) is 0 Å². The summed E-state index contributed by atoms with van der Waals surface area (Å²) in [6.45, 7) is 0.801. The Kier molecular flexibility index (Phi) is 9.31. The van der Waals surface area contributed by atoms with Crippen molar-refractivity contribution in [2.24, 2.45) is 0 Å². The molecule has 1 aromatic heterocycles. The molecule has 0 radical (unpaired) electrons. The van der Waals surface area contributed by atoms with Crippen LogP contribution in [0.15, 0.2) is 82.5 Å². The molecular weight excluding hydrogens is 649 g/mol. The van der Waals surface area contributed by atoms with Crippen LogP contribution in [0.25, 0.3) is 17.3 Å². The summed E-state index contributed by atoms with van der Waals surface area (Å²) >= 11 is 6.83. The van der Waals surface area contributed by atoms with E-state index in [0.29, 0.717) is 23.7 Å². The number of halogens is 4. The Morgan fingerprint density at radius 2 is 1.67 bits per heavy atom. The molecule has 0 saturated carbocycles. The van der Waals surface area contributed by atoms with E-state index in [-0.39, 0.29) is 25.5 Å². The number of carbonyl (C=O) groups is 1. The number of nitrogens with zero attached hydrogens (tertiary/aromatic N) is 3. The Balaban J connectivity index is 1.59. The van der Waals surface area contributed by atoms with Crippen molar-refractivity contribution in [1.82, 2.24) is 8.87 Å². The quantitative estimate of drug-likeness (QED) is 0.314. The third-order valence-corrected chi connectivity index (χ3v) is 10.3. The smallest absolute Gasteiger partial charge is 0.321 e. The van der Waals surface area contributed by atoms with E-state index in [4.69, 9.17) is 11.6 Å². The fourth-order valence-electron chi connectivity index (χ4n) is 4.77. The predicted molar refractivity (Wildman–Crippen MR) is 166 cm³/mol. The van der Waals surface area contributed by atoms with Crippen LogP contribution in [0.5, 0.6) is 0 Å². The zero-order valence-corrected chi connectivity index (χ0v) is 25.7. The Morgan fingerprint density at radius 1 is 1.00 bits per heavy atom. The van der Waals surface area contributed by atoms with E-state index < -0.39 is 38.8 Å². The van der Waals surface area contributed by atoms with E-state index in [1.807, 2.05) is 6.07 Å². The summed E-state index contributed by atoms with van der Waals surface area (Å²) in [7, 11) is -3.80. The van der Waals surface area contributed by atoms with Gasteiger partial charge in [-0.05, 0) is 79.1 Å². The zero-order valence-electron chi connectivity index (χ0n) is 23.3. The number of rotatable bonds is 6. The van der Waals surface area contributed by atoms with Gasteiger partial charge in [0.05, 0.1) is 20.7 Å². The Morgan fingerprint density at radius 3 is 2.29 bits per heavy atom. The van der Waals surface area contributed by atoms with Crippen molar-refractivity contribution in [3.05, 3.63) is 108 Å². The van der Waals surface area contributed by atoms with E-state index in [2.05, 4.69) is 5.32 Å². The zero-order chi connectivity index (χ0) is 32.4. The number of sulfonamides is 1. The number of hydrogen-bond donors (Lipinski definition) is 1. The lowest BCUT2D eigenvalue weighted by atomic mass is 10.1. The van der Waals surface area contributed by atoms with Crippen LogP contribution in [-0.2, 0) is 21.0 Å². The Bertz CT molecular complexity index is 2080. The number of anilines is 1. The highest BCUT2D eigenvalue weighted by atomic mass is 35.5. The second-order valence-corrected chi connectivity index (χ2v) is 13.5. The summed E-state index contributed by atoms with van der Waals surface area (Å²) in [5, 5.41) is 13.0. The fraction of sp³-hybridized carbons (Fsp3) is 0.194. The summed E-state index contributed by atoms with van der Waals surface area (Å²) in [6.07, 6.45) is -0.709. The maximum Gasteiger partial charge on any atom is 0.416 e. The van der Waals surface area contributed by atoms with Gasteiger partial charge in [-0.2, -0.15) is 22.7 Å². The number of piperidine rings is 1. The number of carbonyl (C=O) groups excluding carboxylic acids is 1. The monoisotopic (exact) mass is 672 g/mol. The molecule has 0 unspecified atom stereocenters. The minimum absolute atomic E-state index is 0.0108. The summed E-state index contributed by atoms with van der Waals surface area (Å²) in [4.78, 5) is 27.1. The molecule has 2 heterocycles. The van der Waals surface area contributed by atoms with Gasteiger partial charge in [-0.3, -0.25) is 14.2 Å². The van der Waals surface area contributed by atoms with Gasteiger partial charge in [0.25, 0.3) is 11.5 Å². The Labute approximate surface area is 265 Å². The summed E-state index contributed by atoms with van der Waals surface area (Å²) < 4.78 is 68.0. The van der Waals surface area contributed by atoms with Gasteiger partial charge < -0.3 is 5.32 Å². The van der Waals surface area contributed by atoms with E-state index >= 15 is 0 Å². The lowest BCUT2D eigenvalue weighted by Crippen LogP contribution is -2.35. The van der Waals surface area contributed by atoms with Crippen molar-refractivity contribution < 1.29 is 26.4 Å². The molecule has 3 aromatic carbocycles. The van der Waals surface area contributed by atoms with Crippen LogP contribution in [0.3, 0.4) is 0 Å². The van der Waals surface area contributed by atoms with Gasteiger partial charge in [-0.15, -0.1) is 11.3 Å². The van der Waals surface area contributed by atoms with E-state index in [1.165, 1.54) is 71.0 Å². The lowest BCUT2D eigenvalue weighted by molar-refractivity contribution is -0.137. The van der Waals surface area contributed by atoms with Crippen molar-refractivity contribution in [3.8, 4) is 11.8 Å². The second kappa shape index (κ2) is 13.0. The van der Waals surface area contributed by atoms with Gasteiger partial charge in [0, 0.05) is 23.8 Å². The lowest BCUT2D eigenvalue weighted by Gasteiger charge is -2.26. The normalized spacial score (nSPS) is 15.4. The molecule has 232 valence electrons. The first-order valence-corrected chi connectivity index (χ1v) is 16.2. The van der Waals surface area contributed by atoms with Crippen molar-refractivity contribution in [2.75, 3.05) is 18.4 Å². The number of thiazole rings is 1.